The first-order chi connectivity index (χ1) is 6.22. The molecule has 4 nitrogen and oxygen atoms in total. The molecule has 0 aliphatic carbocycles. The smallest absolute Gasteiger partial charge is 0.427 e. The summed E-state index contributed by atoms with van der Waals surface area (Å²) in [6.07, 6.45) is 4.00. The van der Waals surface area contributed by atoms with Crippen LogP contribution in [0.25, 0.3) is 0 Å². The fourth-order valence-electron chi connectivity index (χ4n) is 1.15. The van der Waals surface area contributed by atoms with Crippen molar-refractivity contribution in [3.05, 3.63) is 18.0 Å². The Morgan fingerprint density at radius 1 is 1.54 bits per heavy atom. The highest BCUT2D eigenvalue weighted by molar-refractivity contribution is 6.40. The minimum atomic E-state index is -1.19. The number of aryl methyl sites for hydroxylation is 2. The van der Waals surface area contributed by atoms with Gasteiger partial charge in [-0.3, -0.25) is 4.68 Å². The van der Waals surface area contributed by atoms with Crippen molar-refractivity contribution in [2.24, 2.45) is 0 Å². The molecule has 0 bridgehead atoms. The molecular formula is C8H15BN2O2. The van der Waals surface area contributed by atoms with E-state index in [1.807, 2.05) is 16.9 Å². The Kier molecular flexibility index (Phi) is 3.98. The van der Waals surface area contributed by atoms with Gasteiger partial charge in [-0.15, -0.1) is 0 Å². The molecule has 72 valence electrons. The van der Waals surface area contributed by atoms with Gasteiger partial charge in [-0.05, 0) is 25.2 Å². The van der Waals surface area contributed by atoms with Gasteiger partial charge >= 0.3 is 7.12 Å². The second-order valence-corrected chi connectivity index (χ2v) is 3.05. The van der Waals surface area contributed by atoms with Crippen LogP contribution in [-0.2, 0) is 13.0 Å². The molecule has 0 saturated heterocycles. The Labute approximate surface area is 78.3 Å². The van der Waals surface area contributed by atoms with Crippen molar-refractivity contribution >= 4 is 7.12 Å². The topological polar surface area (TPSA) is 58.3 Å². The van der Waals surface area contributed by atoms with Crippen LogP contribution in [0.4, 0.5) is 0 Å². The van der Waals surface area contributed by atoms with Gasteiger partial charge in [0, 0.05) is 12.7 Å². The maximum atomic E-state index is 8.61. The van der Waals surface area contributed by atoms with Crippen LogP contribution < -0.4 is 0 Å². The largest absolute Gasteiger partial charge is 0.451 e. The van der Waals surface area contributed by atoms with E-state index in [1.54, 1.807) is 0 Å². The first kappa shape index (κ1) is 10.3. The number of nitrogens with zero attached hydrogens (tertiary/aromatic N) is 2. The Hall–Kier alpha value is -0.805. The molecule has 0 radical (unpaired) electrons. The zero-order valence-corrected chi connectivity index (χ0v) is 7.85. The van der Waals surface area contributed by atoms with Gasteiger partial charge in [0.2, 0.25) is 0 Å². The van der Waals surface area contributed by atoms with E-state index in [0.717, 1.165) is 25.1 Å². The minimum absolute atomic E-state index is 0.404. The van der Waals surface area contributed by atoms with Crippen molar-refractivity contribution in [3.63, 3.8) is 0 Å². The van der Waals surface area contributed by atoms with Crippen LogP contribution in [0.3, 0.4) is 0 Å². The second kappa shape index (κ2) is 5.04. The molecule has 0 amide bonds. The van der Waals surface area contributed by atoms with Crippen LogP contribution >= 0.6 is 0 Å². The second-order valence-electron chi connectivity index (χ2n) is 3.05. The fraction of sp³-hybridized carbons (Fsp3) is 0.625. The number of hydrogen-bond acceptors (Lipinski definition) is 3. The number of hydrogen-bond donors (Lipinski definition) is 2. The molecule has 1 aromatic rings. The van der Waals surface area contributed by atoms with Gasteiger partial charge in [0.05, 0.1) is 5.69 Å². The molecule has 0 saturated carbocycles. The molecule has 2 N–H and O–H groups in total. The van der Waals surface area contributed by atoms with E-state index in [0.29, 0.717) is 6.32 Å². The maximum absolute atomic E-state index is 8.61. The summed E-state index contributed by atoms with van der Waals surface area (Å²) in [6.45, 7) is 2.81. The van der Waals surface area contributed by atoms with Crippen molar-refractivity contribution in [1.82, 2.24) is 9.78 Å². The molecule has 1 aromatic heterocycles. The summed E-state index contributed by atoms with van der Waals surface area (Å²) in [5.74, 6) is 0. The first-order valence-electron chi connectivity index (χ1n) is 4.61. The molecule has 0 aliphatic rings. The van der Waals surface area contributed by atoms with Gasteiger partial charge in [-0.25, -0.2) is 0 Å². The Bertz CT molecular complexity index is 250. The molecule has 0 atom stereocenters. The standard InChI is InChI=1S/C8H15BN2O2/c1-2-8-4-7-11(10-8)6-3-5-9(12)13/h4,7,12-13H,2-3,5-6H2,1H3. The van der Waals surface area contributed by atoms with E-state index in [2.05, 4.69) is 12.0 Å². The molecule has 0 aliphatic heterocycles. The van der Waals surface area contributed by atoms with Crippen LogP contribution in [0.2, 0.25) is 6.32 Å². The molecule has 1 rings (SSSR count). The summed E-state index contributed by atoms with van der Waals surface area (Å²) in [6, 6.07) is 1.98. The Balaban J connectivity index is 2.28. The fourth-order valence-corrected chi connectivity index (χ4v) is 1.15. The quantitative estimate of drug-likeness (QED) is 0.644. The Morgan fingerprint density at radius 2 is 2.31 bits per heavy atom. The lowest BCUT2D eigenvalue weighted by Gasteiger charge is -2.00. The van der Waals surface area contributed by atoms with Gasteiger partial charge in [0.15, 0.2) is 0 Å². The molecule has 13 heavy (non-hydrogen) atoms. The van der Waals surface area contributed by atoms with Crippen molar-refractivity contribution in [1.29, 1.82) is 0 Å². The highest BCUT2D eigenvalue weighted by Crippen LogP contribution is 2.00. The van der Waals surface area contributed by atoms with E-state index in [4.69, 9.17) is 10.0 Å². The van der Waals surface area contributed by atoms with Gasteiger partial charge in [-0.1, -0.05) is 6.92 Å². The lowest BCUT2D eigenvalue weighted by molar-refractivity contribution is 0.399. The summed E-state index contributed by atoms with van der Waals surface area (Å²) < 4.78 is 1.83. The van der Waals surface area contributed by atoms with Crippen LogP contribution in [0.1, 0.15) is 19.0 Å². The minimum Gasteiger partial charge on any atom is -0.427 e. The molecule has 1 heterocycles. The summed E-state index contributed by atoms with van der Waals surface area (Å²) in [5, 5.41) is 21.5. The number of aromatic nitrogens is 2. The van der Waals surface area contributed by atoms with Crippen LogP contribution in [0.5, 0.6) is 0 Å². The van der Waals surface area contributed by atoms with E-state index in [-0.39, 0.29) is 0 Å². The molecule has 0 unspecified atom stereocenters. The summed E-state index contributed by atoms with van der Waals surface area (Å²) in [7, 11) is -1.19. The lowest BCUT2D eigenvalue weighted by atomic mass is 9.85. The van der Waals surface area contributed by atoms with Crippen molar-refractivity contribution in [3.8, 4) is 0 Å². The average molecular weight is 182 g/mol. The molecule has 0 fully saturated rings. The summed E-state index contributed by atoms with van der Waals surface area (Å²) in [5.41, 5.74) is 1.07. The Morgan fingerprint density at radius 3 is 2.85 bits per heavy atom. The SMILES string of the molecule is CCc1ccn(CCCB(O)O)n1. The first-order valence-corrected chi connectivity index (χ1v) is 4.61. The van der Waals surface area contributed by atoms with Gasteiger partial charge < -0.3 is 10.0 Å². The van der Waals surface area contributed by atoms with E-state index < -0.39 is 7.12 Å². The predicted octanol–water partition coefficient (Wildman–Crippen LogP) is 0.308. The van der Waals surface area contributed by atoms with Crippen molar-refractivity contribution in [2.75, 3.05) is 0 Å². The molecule has 0 aromatic carbocycles. The third-order valence-corrected chi connectivity index (χ3v) is 1.91. The lowest BCUT2D eigenvalue weighted by Crippen LogP contribution is -2.11. The van der Waals surface area contributed by atoms with Gasteiger partial charge in [-0.2, -0.15) is 5.10 Å². The third-order valence-electron chi connectivity index (χ3n) is 1.91. The van der Waals surface area contributed by atoms with Crippen LogP contribution in [0, 0.1) is 0 Å². The van der Waals surface area contributed by atoms with Crippen molar-refractivity contribution in [2.45, 2.75) is 32.6 Å². The van der Waals surface area contributed by atoms with E-state index >= 15 is 0 Å². The molecule has 0 spiro atoms. The summed E-state index contributed by atoms with van der Waals surface area (Å²) >= 11 is 0. The highest BCUT2D eigenvalue weighted by atomic mass is 16.4. The zero-order valence-electron chi connectivity index (χ0n) is 7.85. The van der Waals surface area contributed by atoms with Crippen molar-refractivity contribution < 1.29 is 10.0 Å². The van der Waals surface area contributed by atoms with Crippen LogP contribution in [-0.4, -0.2) is 26.9 Å². The third kappa shape index (κ3) is 3.61. The molecular weight excluding hydrogens is 167 g/mol. The van der Waals surface area contributed by atoms with Crippen LogP contribution in [0.15, 0.2) is 12.3 Å². The summed E-state index contributed by atoms with van der Waals surface area (Å²) in [4.78, 5) is 0. The normalized spacial score (nSPS) is 10.4. The predicted molar refractivity (Wildman–Crippen MR) is 51.2 cm³/mol. The van der Waals surface area contributed by atoms with E-state index in [9.17, 15) is 0 Å². The molecule has 5 heteroatoms. The monoisotopic (exact) mass is 182 g/mol. The van der Waals surface area contributed by atoms with E-state index in [1.165, 1.54) is 0 Å². The average Bonchev–Trinajstić information content (AvgIpc) is 2.52. The van der Waals surface area contributed by atoms with Gasteiger partial charge in [0.25, 0.3) is 0 Å². The zero-order chi connectivity index (χ0) is 9.68. The highest BCUT2D eigenvalue weighted by Gasteiger charge is 2.05. The number of rotatable bonds is 5. The maximum Gasteiger partial charge on any atom is 0.451 e. The van der Waals surface area contributed by atoms with Gasteiger partial charge in [0.1, 0.15) is 0 Å².